The summed E-state index contributed by atoms with van der Waals surface area (Å²) in [4.78, 5) is 0. The molecular weight excluding hydrogens is 148 g/mol. The van der Waals surface area contributed by atoms with Crippen LogP contribution in [0.5, 0.6) is 0 Å². The maximum absolute atomic E-state index is 5.24. The monoisotopic (exact) mass is 164 g/mol. The molecule has 0 heterocycles. The van der Waals surface area contributed by atoms with Crippen LogP contribution in [0.25, 0.3) is 0 Å². The lowest BCUT2D eigenvalue weighted by molar-refractivity contribution is 0.0532. The van der Waals surface area contributed by atoms with Crippen molar-refractivity contribution in [2.75, 3.05) is 25.8 Å². The Morgan fingerprint density at radius 2 is 1.80 bits per heavy atom. The highest BCUT2D eigenvalue weighted by Gasteiger charge is 1.92. The van der Waals surface area contributed by atoms with Crippen LogP contribution < -0.4 is 0 Å². The number of hydrogen-bond donors (Lipinski definition) is 1. The third-order valence-electron chi connectivity index (χ3n) is 0.914. The second kappa shape index (κ2) is 7.38. The van der Waals surface area contributed by atoms with Crippen molar-refractivity contribution in [3.05, 3.63) is 0 Å². The highest BCUT2D eigenvalue weighted by molar-refractivity contribution is 7.80. The Bertz CT molecular complexity index is 66.6. The minimum Gasteiger partial charge on any atom is -0.379 e. The van der Waals surface area contributed by atoms with Crippen molar-refractivity contribution in [2.45, 2.75) is 13.8 Å². The Labute approximate surface area is 68.3 Å². The third kappa shape index (κ3) is 8.27. The molecule has 0 aliphatic rings. The van der Waals surface area contributed by atoms with Gasteiger partial charge in [-0.05, 0) is 5.92 Å². The first-order chi connectivity index (χ1) is 4.77. The summed E-state index contributed by atoms with van der Waals surface area (Å²) < 4.78 is 10.2. The van der Waals surface area contributed by atoms with E-state index < -0.39 is 0 Å². The summed E-state index contributed by atoms with van der Waals surface area (Å²) in [5.41, 5.74) is 0. The quantitative estimate of drug-likeness (QED) is 0.365. The maximum atomic E-state index is 5.24. The minimum absolute atomic E-state index is 0.477. The largest absolute Gasteiger partial charge is 0.379 e. The molecule has 0 amide bonds. The summed E-state index contributed by atoms with van der Waals surface area (Å²) >= 11 is 3.89. The van der Waals surface area contributed by atoms with E-state index in [9.17, 15) is 0 Å². The van der Waals surface area contributed by atoms with Gasteiger partial charge in [0.1, 0.15) is 0 Å². The molecule has 0 aromatic rings. The summed E-state index contributed by atoms with van der Waals surface area (Å²) in [6, 6.07) is 0. The van der Waals surface area contributed by atoms with Gasteiger partial charge >= 0.3 is 0 Å². The Morgan fingerprint density at radius 3 is 2.30 bits per heavy atom. The molecule has 0 spiro atoms. The van der Waals surface area contributed by atoms with Gasteiger partial charge < -0.3 is 9.47 Å². The number of ether oxygens (including phenoxy) is 2. The van der Waals surface area contributed by atoms with Gasteiger partial charge in [-0.25, -0.2) is 0 Å². The molecule has 3 heteroatoms. The smallest absolute Gasteiger partial charge is 0.0893 e. The molecule has 0 saturated carbocycles. The van der Waals surface area contributed by atoms with Crippen LogP contribution in [-0.2, 0) is 9.47 Å². The lowest BCUT2D eigenvalue weighted by atomic mass is 10.2. The zero-order chi connectivity index (χ0) is 7.82. The van der Waals surface area contributed by atoms with Crippen molar-refractivity contribution in [3.8, 4) is 0 Å². The highest BCUT2D eigenvalue weighted by atomic mass is 32.1. The van der Waals surface area contributed by atoms with Crippen molar-refractivity contribution in [1.82, 2.24) is 0 Å². The standard InChI is InChI=1S/C7H16O2S/c1-7(2)5-8-3-4-9-6-10/h7,10H,3-6H2,1-2H3. The van der Waals surface area contributed by atoms with Gasteiger partial charge in [-0.15, -0.1) is 0 Å². The zero-order valence-corrected chi connectivity index (χ0v) is 7.56. The van der Waals surface area contributed by atoms with Crippen molar-refractivity contribution >= 4 is 12.6 Å². The van der Waals surface area contributed by atoms with Gasteiger partial charge in [0.25, 0.3) is 0 Å². The molecule has 0 aliphatic carbocycles. The van der Waals surface area contributed by atoms with Crippen molar-refractivity contribution in [3.63, 3.8) is 0 Å². The van der Waals surface area contributed by atoms with E-state index in [4.69, 9.17) is 9.47 Å². The topological polar surface area (TPSA) is 18.5 Å². The van der Waals surface area contributed by atoms with E-state index in [1.54, 1.807) is 0 Å². The fraction of sp³-hybridized carbons (Fsp3) is 1.00. The van der Waals surface area contributed by atoms with E-state index >= 15 is 0 Å². The molecule has 0 unspecified atom stereocenters. The average molecular weight is 164 g/mol. The van der Waals surface area contributed by atoms with Crippen molar-refractivity contribution in [1.29, 1.82) is 0 Å². The molecule has 0 saturated heterocycles. The molecular formula is C7H16O2S. The summed E-state index contributed by atoms with van der Waals surface area (Å²) in [6.45, 7) is 6.39. The molecule has 0 radical (unpaired) electrons. The summed E-state index contributed by atoms with van der Waals surface area (Å²) in [5, 5.41) is 0. The van der Waals surface area contributed by atoms with Crippen LogP contribution in [0.3, 0.4) is 0 Å². The fourth-order valence-electron chi connectivity index (χ4n) is 0.501. The van der Waals surface area contributed by atoms with E-state index in [2.05, 4.69) is 26.5 Å². The zero-order valence-electron chi connectivity index (χ0n) is 6.67. The van der Waals surface area contributed by atoms with Gasteiger partial charge in [0, 0.05) is 6.61 Å². The predicted molar refractivity (Wildman–Crippen MR) is 45.5 cm³/mol. The average Bonchev–Trinajstić information content (AvgIpc) is 1.87. The SMILES string of the molecule is CC(C)COCCOCS. The minimum atomic E-state index is 0.477. The normalized spacial score (nSPS) is 10.8. The van der Waals surface area contributed by atoms with Crippen molar-refractivity contribution < 1.29 is 9.47 Å². The van der Waals surface area contributed by atoms with E-state index in [0.717, 1.165) is 6.61 Å². The number of hydrogen-bond acceptors (Lipinski definition) is 3. The molecule has 0 aliphatic heterocycles. The van der Waals surface area contributed by atoms with Crippen LogP contribution in [0.2, 0.25) is 0 Å². The van der Waals surface area contributed by atoms with Gasteiger partial charge in [0.05, 0.1) is 19.2 Å². The fourth-order valence-corrected chi connectivity index (χ4v) is 0.631. The lowest BCUT2D eigenvalue weighted by Gasteiger charge is -2.05. The molecule has 0 aromatic carbocycles. The summed E-state index contributed by atoms with van der Waals surface area (Å²) in [7, 11) is 0. The highest BCUT2D eigenvalue weighted by Crippen LogP contribution is 1.91. The van der Waals surface area contributed by atoms with Crippen LogP contribution in [0.15, 0.2) is 0 Å². The predicted octanol–water partition coefficient (Wildman–Crippen LogP) is 1.56. The molecule has 62 valence electrons. The summed E-state index contributed by atoms with van der Waals surface area (Å²) in [6.07, 6.45) is 0. The van der Waals surface area contributed by atoms with Crippen LogP contribution in [0.4, 0.5) is 0 Å². The van der Waals surface area contributed by atoms with E-state index in [1.165, 1.54) is 0 Å². The first kappa shape index (κ1) is 10.3. The molecule has 0 atom stereocenters. The van der Waals surface area contributed by atoms with Crippen LogP contribution >= 0.6 is 12.6 Å². The third-order valence-corrected chi connectivity index (χ3v) is 1.10. The van der Waals surface area contributed by atoms with Crippen LogP contribution in [0.1, 0.15) is 13.8 Å². The molecule has 0 N–H and O–H groups in total. The molecule has 0 bridgehead atoms. The van der Waals surface area contributed by atoms with E-state index in [0.29, 0.717) is 25.1 Å². The van der Waals surface area contributed by atoms with Gasteiger partial charge in [0.2, 0.25) is 0 Å². The molecule has 2 nitrogen and oxygen atoms in total. The Hall–Kier alpha value is 0.270. The van der Waals surface area contributed by atoms with Crippen LogP contribution in [0, 0.1) is 5.92 Å². The molecule has 0 fully saturated rings. The van der Waals surface area contributed by atoms with Gasteiger partial charge in [-0.2, -0.15) is 12.6 Å². The van der Waals surface area contributed by atoms with Crippen LogP contribution in [-0.4, -0.2) is 25.8 Å². The van der Waals surface area contributed by atoms with Gasteiger partial charge in [-0.1, -0.05) is 13.8 Å². The van der Waals surface area contributed by atoms with E-state index in [1.807, 2.05) is 0 Å². The molecule has 0 rings (SSSR count). The first-order valence-corrected chi connectivity index (χ1v) is 4.17. The lowest BCUT2D eigenvalue weighted by Crippen LogP contribution is -2.07. The molecule has 10 heavy (non-hydrogen) atoms. The van der Waals surface area contributed by atoms with Gasteiger partial charge in [-0.3, -0.25) is 0 Å². The second-order valence-electron chi connectivity index (χ2n) is 2.51. The number of thiol groups is 1. The van der Waals surface area contributed by atoms with Crippen molar-refractivity contribution in [2.24, 2.45) is 5.92 Å². The Balaban J connectivity index is 2.77. The Kier molecular flexibility index (Phi) is 7.58. The van der Waals surface area contributed by atoms with Gasteiger partial charge in [0.15, 0.2) is 0 Å². The Morgan fingerprint density at radius 1 is 1.20 bits per heavy atom. The molecule has 0 aromatic heterocycles. The summed E-state index contributed by atoms with van der Waals surface area (Å²) in [5.74, 6) is 1.08. The second-order valence-corrected chi connectivity index (χ2v) is 2.76. The van der Waals surface area contributed by atoms with E-state index in [-0.39, 0.29) is 0 Å². The first-order valence-electron chi connectivity index (χ1n) is 3.53. The number of rotatable bonds is 6. The maximum Gasteiger partial charge on any atom is 0.0893 e.